The molecule has 0 spiro atoms. The van der Waals surface area contributed by atoms with Crippen LogP contribution in [-0.4, -0.2) is 21.3 Å². The summed E-state index contributed by atoms with van der Waals surface area (Å²) in [5.74, 6) is 0.849. The Hall–Kier alpha value is -1.06. The second-order valence-corrected chi connectivity index (χ2v) is 3.01. The summed E-state index contributed by atoms with van der Waals surface area (Å²) in [6, 6.07) is 5.98. The van der Waals surface area contributed by atoms with Gasteiger partial charge in [0.2, 0.25) is 0 Å². The third-order valence-corrected chi connectivity index (χ3v) is 1.96. The molecule has 0 bridgehead atoms. The highest BCUT2D eigenvalue weighted by atomic mass is 16.5. The van der Waals surface area contributed by atoms with Crippen LogP contribution < -0.4 is 4.74 Å². The summed E-state index contributed by atoms with van der Waals surface area (Å²) < 4.78 is 15.3. The van der Waals surface area contributed by atoms with E-state index >= 15 is 0 Å². The lowest BCUT2D eigenvalue weighted by Crippen LogP contribution is -1.96. The minimum Gasteiger partial charge on any atom is -0.496 e. The van der Waals surface area contributed by atoms with Crippen molar-refractivity contribution in [2.45, 2.75) is 13.2 Å². The van der Waals surface area contributed by atoms with Crippen LogP contribution in [0.25, 0.3) is 0 Å². The molecular formula is C11H16O3. The first-order valence-electron chi connectivity index (χ1n) is 4.45. The van der Waals surface area contributed by atoms with Crippen molar-refractivity contribution in [1.29, 1.82) is 0 Å². The number of benzene rings is 1. The molecule has 0 aliphatic rings. The topological polar surface area (TPSA) is 27.7 Å². The Kier molecular flexibility index (Phi) is 4.43. The van der Waals surface area contributed by atoms with Crippen LogP contribution in [0.5, 0.6) is 5.75 Å². The Morgan fingerprint density at radius 3 is 2.29 bits per heavy atom. The minimum atomic E-state index is 0.566. The van der Waals surface area contributed by atoms with Crippen LogP contribution in [0.15, 0.2) is 18.2 Å². The zero-order chi connectivity index (χ0) is 10.4. The van der Waals surface area contributed by atoms with Gasteiger partial charge in [0.25, 0.3) is 0 Å². The fraction of sp³-hybridized carbons (Fsp3) is 0.455. The van der Waals surface area contributed by atoms with Crippen LogP contribution in [0.2, 0.25) is 0 Å². The fourth-order valence-electron chi connectivity index (χ4n) is 1.32. The molecule has 78 valence electrons. The molecular weight excluding hydrogens is 180 g/mol. The van der Waals surface area contributed by atoms with Crippen LogP contribution in [0.4, 0.5) is 0 Å². The van der Waals surface area contributed by atoms with Crippen molar-refractivity contribution < 1.29 is 14.2 Å². The Morgan fingerprint density at radius 1 is 1.00 bits per heavy atom. The molecule has 0 radical (unpaired) electrons. The van der Waals surface area contributed by atoms with E-state index in [9.17, 15) is 0 Å². The quantitative estimate of drug-likeness (QED) is 0.720. The van der Waals surface area contributed by atoms with E-state index in [1.807, 2.05) is 18.2 Å². The van der Waals surface area contributed by atoms with Crippen molar-refractivity contribution in [2.24, 2.45) is 0 Å². The Morgan fingerprint density at radius 2 is 1.71 bits per heavy atom. The lowest BCUT2D eigenvalue weighted by atomic mass is 10.1. The summed E-state index contributed by atoms with van der Waals surface area (Å²) >= 11 is 0. The molecule has 0 heterocycles. The third-order valence-electron chi connectivity index (χ3n) is 1.96. The van der Waals surface area contributed by atoms with Gasteiger partial charge in [-0.3, -0.25) is 0 Å². The zero-order valence-corrected chi connectivity index (χ0v) is 8.87. The molecule has 0 saturated heterocycles. The van der Waals surface area contributed by atoms with Crippen LogP contribution in [0, 0.1) is 0 Å². The fourth-order valence-corrected chi connectivity index (χ4v) is 1.32. The van der Waals surface area contributed by atoms with Gasteiger partial charge in [-0.15, -0.1) is 0 Å². The zero-order valence-electron chi connectivity index (χ0n) is 8.87. The SMILES string of the molecule is COCc1ccc(COC)c(OC)c1. The Labute approximate surface area is 84.6 Å². The van der Waals surface area contributed by atoms with Gasteiger partial charge in [0.05, 0.1) is 20.3 Å². The number of rotatable bonds is 5. The van der Waals surface area contributed by atoms with Gasteiger partial charge in [0.15, 0.2) is 0 Å². The molecule has 0 saturated carbocycles. The maximum atomic E-state index is 5.25. The van der Waals surface area contributed by atoms with Crippen molar-refractivity contribution in [1.82, 2.24) is 0 Å². The number of ether oxygens (including phenoxy) is 3. The molecule has 3 heteroatoms. The molecule has 0 N–H and O–H groups in total. The van der Waals surface area contributed by atoms with Gasteiger partial charge in [-0.2, -0.15) is 0 Å². The first kappa shape index (κ1) is 11.0. The molecule has 0 atom stereocenters. The van der Waals surface area contributed by atoms with Gasteiger partial charge < -0.3 is 14.2 Å². The Balaban J connectivity index is 2.87. The molecule has 0 aromatic heterocycles. The molecule has 0 fully saturated rings. The molecule has 1 aromatic carbocycles. The molecule has 0 aliphatic heterocycles. The van der Waals surface area contributed by atoms with E-state index in [2.05, 4.69) is 0 Å². The van der Waals surface area contributed by atoms with Gasteiger partial charge in [0.1, 0.15) is 5.75 Å². The average molecular weight is 196 g/mol. The predicted molar refractivity (Wildman–Crippen MR) is 54.4 cm³/mol. The van der Waals surface area contributed by atoms with Crippen molar-refractivity contribution in [2.75, 3.05) is 21.3 Å². The number of hydrogen-bond donors (Lipinski definition) is 0. The normalized spacial score (nSPS) is 10.2. The molecule has 0 aliphatic carbocycles. The first-order valence-corrected chi connectivity index (χ1v) is 4.45. The van der Waals surface area contributed by atoms with E-state index in [4.69, 9.17) is 14.2 Å². The highest BCUT2D eigenvalue weighted by Gasteiger charge is 2.03. The van der Waals surface area contributed by atoms with Gasteiger partial charge in [-0.1, -0.05) is 12.1 Å². The highest BCUT2D eigenvalue weighted by molar-refractivity contribution is 5.37. The van der Waals surface area contributed by atoms with Crippen molar-refractivity contribution >= 4 is 0 Å². The number of methoxy groups -OCH3 is 3. The summed E-state index contributed by atoms with van der Waals surface area (Å²) in [5, 5.41) is 0. The van der Waals surface area contributed by atoms with E-state index < -0.39 is 0 Å². The molecule has 1 rings (SSSR count). The lowest BCUT2D eigenvalue weighted by molar-refractivity contribution is 0.179. The third kappa shape index (κ3) is 2.72. The van der Waals surface area contributed by atoms with Gasteiger partial charge in [-0.05, 0) is 11.6 Å². The van der Waals surface area contributed by atoms with Gasteiger partial charge in [0, 0.05) is 19.8 Å². The van der Waals surface area contributed by atoms with Crippen LogP contribution in [-0.2, 0) is 22.7 Å². The van der Waals surface area contributed by atoms with E-state index in [0.717, 1.165) is 16.9 Å². The van der Waals surface area contributed by atoms with Crippen LogP contribution in [0.1, 0.15) is 11.1 Å². The van der Waals surface area contributed by atoms with E-state index in [0.29, 0.717) is 13.2 Å². The monoisotopic (exact) mass is 196 g/mol. The summed E-state index contributed by atoms with van der Waals surface area (Å²) in [6.07, 6.45) is 0. The molecule has 0 unspecified atom stereocenters. The highest BCUT2D eigenvalue weighted by Crippen LogP contribution is 2.21. The first-order chi connectivity index (χ1) is 6.81. The van der Waals surface area contributed by atoms with Gasteiger partial charge in [-0.25, -0.2) is 0 Å². The number of hydrogen-bond acceptors (Lipinski definition) is 3. The smallest absolute Gasteiger partial charge is 0.124 e. The molecule has 14 heavy (non-hydrogen) atoms. The standard InChI is InChI=1S/C11H16O3/c1-12-7-9-4-5-10(8-13-2)11(6-9)14-3/h4-6H,7-8H2,1-3H3. The maximum absolute atomic E-state index is 5.25. The Bertz CT molecular complexity index is 284. The lowest BCUT2D eigenvalue weighted by Gasteiger charge is -2.09. The minimum absolute atomic E-state index is 0.566. The van der Waals surface area contributed by atoms with Crippen molar-refractivity contribution in [3.8, 4) is 5.75 Å². The second-order valence-electron chi connectivity index (χ2n) is 3.01. The summed E-state index contributed by atoms with van der Waals surface area (Å²) in [4.78, 5) is 0. The average Bonchev–Trinajstić information content (AvgIpc) is 2.21. The second kappa shape index (κ2) is 5.62. The largest absolute Gasteiger partial charge is 0.496 e. The predicted octanol–water partition coefficient (Wildman–Crippen LogP) is 1.99. The van der Waals surface area contributed by atoms with Crippen molar-refractivity contribution in [3.63, 3.8) is 0 Å². The summed E-state index contributed by atoms with van der Waals surface area (Å²) in [5.41, 5.74) is 2.15. The van der Waals surface area contributed by atoms with E-state index in [1.165, 1.54) is 0 Å². The van der Waals surface area contributed by atoms with E-state index in [-0.39, 0.29) is 0 Å². The van der Waals surface area contributed by atoms with Gasteiger partial charge >= 0.3 is 0 Å². The molecule has 3 nitrogen and oxygen atoms in total. The van der Waals surface area contributed by atoms with Crippen LogP contribution in [0.3, 0.4) is 0 Å². The molecule has 0 amide bonds. The summed E-state index contributed by atoms with van der Waals surface area (Å²) in [7, 11) is 5.00. The van der Waals surface area contributed by atoms with Crippen LogP contribution >= 0.6 is 0 Å². The maximum Gasteiger partial charge on any atom is 0.124 e. The molecule has 1 aromatic rings. The summed E-state index contributed by atoms with van der Waals surface area (Å²) in [6.45, 7) is 1.17. The van der Waals surface area contributed by atoms with E-state index in [1.54, 1.807) is 21.3 Å². The van der Waals surface area contributed by atoms with Crippen molar-refractivity contribution in [3.05, 3.63) is 29.3 Å².